The van der Waals surface area contributed by atoms with Crippen LogP contribution in [-0.4, -0.2) is 53.2 Å². The molecule has 1 aliphatic rings. The summed E-state index contributed by atoms with van der Waals surface area (Å²) in [4.78, 5) is 17.5. The number of carboxylic acids is 1. The van der Waals surface area contributed by atoms with Crippen LogP contribution in [-0.2, 0) is 11.2 Å². The van der Waals surface area contributed by atoms with Gasteiger partial charge in [-0.3, -0.25) is 9.78 Å². The SMILES string of the molecule is CN(CCc1ccccn1)CC(NC1CC1)C(=O)O. The van der Waals surface area contributed by atoms with Crippen molar-refractivity contribution in [1.29, 1.82) is 0 Å². The van der Waals surface area contributed by atoms with E-state index in [1.54, 1.807) is 6.20 Å². The lowest BCUT2D eigenvalue weighted by atomic mass is 10.2. The van der Waals surface area contributed by atoms with Crippen LogP contribution in [0.5, 0.6) is 0 Å². The Morgan fingerprint density at radius 3 is 2.95 bits per heavy atom. The van der Waals surface area contributed by atoms with Gasteiger partial charge in [-0.05, 0) is 32.0 Å². The van der Waals surface area contributed by atoms with Gasteiger partial charge in [0.1, 0.15) is 6.04 Å². The first-order valence-corrected chi connectivity index (χ1v) is 6.72. The van der Waals surface area contributed by atoms with Crippen molar-refractivity contribution in [2.24, 2.45) is 0 Å². The van der Waals surface area contributed by atoms with E-state index in [1.165, 1.54) is 0 Å². The third kappa shape index (κ3) is 4.96. The summed E-state index contributed by atoms with van der Waals surface area (Å²) in [6, 6.07) is 5.79. The van der Waals surface area contributed by atoms with Gasteiger partial charge in [-0.2, -0.15) is 0 Å². The Labute approximate surface area is 113 Å². The summed E-state index contributed by atoms with van der Waals surface area (Å²) >= 11 is 0. The number of nitrogens with one attached hydrogen (secondary N) is 1. The van der Waals surface area contributed by atoms with E-state index in [4.69, 9.17) is 0 Å². The maximum atomic E-state index is 11.2. The van der Waals surface area contributed by atoms with E-state index in [0.29, 0.717) is 12.6 Å². The van der Waals surface area contributed by atoms with Gasteiger partial charge in [0, 0.05) is 37.4 Å². The second kappa shape index (κ2) is 6.63. The predicted molar refractivity (Wildman–Crippen MR) is 73.0 cm³/mol. The summed E-state index contributed by atoms with van der Waals surface area (Å²) in [5, 5.41) is 12.3. The van der Waals surface area contributed by atoms with E-state index in [0.717, 1.165) is 31.5 Å². The van der Waals surface area contributed by atoms with Gasteiger partial charge in [-0.15, -0.1) is 0 Å². The summed E-state index contributed by atoms with van der Waals surface area (Å²) < 4.78 is 0. The molecule has 0 aliphatic heterocycles. The van der Waals surface area contributed by atoms with Crippen LogP contribution in [0.3, 0.4) is 0 Å². The lowest BCUT2D eigenvalue weighted by Gasteiger charge is -2.22. The van der Waals surface area contributed by atoms with E-state index in [1.807, 2.05) is 30.1 Å². The molecule has 104 valence electrons. The van der Waals surface area contributed by atoms with Gasteiger partial charge in [0.2, 0.25) is 0 Å². The minimum atomic E-state index is -0.767. The molecule has 1 atom stereocenters. The molecule has 1 aromatic rings. The first kappa shape index (κ1) is 14.0. The van der Waals surface area contributed by atoms with Gasteiger partial charge in [0.25, 0.3) is 0 Å². The van der Waals surface area contributed by atoms with Gasteiger partial charge in [-0.1, -0.05) is 6.07 Å². The molecule has 5 nitrogen and oxygen atoms in total. The Hall–Kier alpha value is -1.46. The van der Waals surface area contributed by atoms with Crippen molar-refractivity contribution in [3.8, 4) is 0 Å². The number of carboxylic acid groups (broad SMARTS) is 1. The third-order valence-electron chi connectivity index (χ3n) is 3.28. The number of pyridine rings is 1. The van der Waals surface area contributed by atoms with Crippen molar-refractivity contribution in [2.75, 3.05) is 20.1 Å². The molecule has 5 heteroatoms. The third-order valence-corrected chi connectivity index (χ3v) is 3.28. The molecule has 19 heavy (non-hydrogen) atoms. The van der Waals surface area contributed by atoms with Gasteiger partial charge in [0.05, 0.1) is 0 Å². The summed E-state index contributed by atoms with van der Waals surface area (Å²) in [6.07, 6.45) is 4.82. The highest BCUT2D eigenvalue weighted by Crippen LogP contribution is 2.19. The molecular weight excluding hydrogens is 242 g/mol. The highest BCUT2D eigenvalue weighted by molar-refractivity contribution is 5.73. The number of carbonyl (C=O) groups is 1. The standard InChI is InChI=1S/C14H21N3O2/c1-17(9-7-11-4-2-3-8-15-11)10-13(14(18)19)16-12-5-6-12/h2-4,8,12-13,16H,5-7,9-10H2,1H3,(H,18,19). The van der Waals surface area contributed by atoms with Crippen LogP contribution >= 0.6 is 0 Å². The molecule has 1 heterocycles. The second-order valence-corrected chi connectivity index (χ2v) is 5.17. The highest BCUT2D eigenvalue weighted by Gasteiger charge is 2.28. The van der Waals surface area contributed by atoms with Crippen LogP contribution in [0.25, 0.3) is 0 Å². The fourth-order valence-electron chi connectivity index (χ4n) is 1.99. The molecule has 0 bridgehead atoms. The molecule has 0 spiro atoms. The lowest BCUT2D eigenvalue weighted by molar-refractivity contribution is -0.140. The second-order valence-electron chi connectivity index (χ2n) is 5.17. The minimum absolute atomic E-state index is 0.408. The molecular formula is C14H21N3O2. The summed E-state index contributed by atoms with van der Waals surface area (Å²) in [5.74, 6) is -0.767. The molecule has 1 fully saturated rings. The number of aliphatic carboxylic acids is 1. The number of hydrogen-bond acceptors (Lipinski definition) is 4. The smallest absolute Gasteiger partial charge is 0.322 e. The minimum Gasteiger partial charge on any atom is -0.480 e. The molecule has 2 rings (SSSR count). The average molecular weight is 263 g/mol. The maximum absolute atomic E-state index is 11.2. The number of nitrogens with zero attached hydrogens (tertiary/aromatic N) is 2. The average Bonchev–Trinajstić information content (AvgIpc) is 3.21. The van der Waals surface area contributed by atoms with Crippen LogP contribution in [0.15, 0.2) is 24.4 Å². The van der Waals surface area contributed by atoms with Gasteiger partial charge in [0.15, 0.2) is 0 Å². The van der Waals surface area contributed by atoms with Crippen molar-refractivity contribution in [3.05, 3.63) is 30.1 Å². The van der Waals surface area contributed by atoms with Crippen molar-refractivity contribution >= 4 is 5.97 Å². The van der Waals surface area contributed by atoms with Crippen molar-refractivity contribution < 1.29 is 9.90 Å². The summed E-state index contributed by atoms with van der Waals surface area (Å²) in [7, 11) is 1.95. The zero-order chi connectivity index (χ0) is 13.7. The van der Waals surface area contributed by atoms with E-state index in [-0.39, 0.29) is 0 Å². The lowest BCUT2D eigenvalue weighted by Crippen LogP contribution is -2.46. The Morgan fingerprint density at radius 1 is 1.58 bits per heavy atom. The fraction of sp³-hybridized carbons (Fsp3) is 0.571. The zero-order valence-corrected chi connectivity index (χ0v) is 11.2. The monoisotopic (exact) mass is 263 g/mol. The van der Waals surface area contributed by atoms with Crippen LogP contribution in [0.1, 0.15) is 18.5 Å². The van der Waals surface area contributed by atoms with E-state index < -0.39 is 12.0 Å². The number of hydrogen-bond donors (Lipinski definition) is 2. The molecule has 0 amide bonds. The number of aromatic nitrogens is 1. The van der Waals surface area contributed by atoms with Crippen LogP contribution < -0.4 is 5.32 Å². The van der Waals surface area contributed by atoms with Gasteiger partial charge < -0.3 is 15.3 Å². The van der Waals surface area contributed by atoms with Crippen LogP contribution in [0.2, 0.25) is 0 Å². The molecule has 1 aliphatic carbocycles. The first-order valence-electron chi connectivity index (χ1n) is 6.72. The molecule has 1 aromatic heterocycles. The zero-order valence-electron chi connectivity index (χ0n) is 11.2. The Bertz CT molecular complexity index is 406. The Morgan fingerprint density at radius 2 is 2.37 bits per heavy atom. The summed E-state index contributed by atoms with van der Waals surface area (Å²) in [6.45, 7) is 1.34. The Kier molecular flexibility index (Phi) is 4.87. The summed E-state index contributed by atoms with van der Waals surface area (Å²) in [5.41, 5.74) is 1.04. The maximum Gasteiger partial charge on any atom is 0.322 e. The van der Waals surface area contributed by atoms with Crippen molar-refractivity contribution in [3.63, 3.8) is 0 Å². The highest BCUT2D eigenvalue weighted by atomic mass is 16.4. The van der Waals surface area contributed by atoms with Crippen LogP contribution in [0.4, 0.5) is 0 Å². The normalized spacial score (nSPS) is 16.5. The molecule has 0 aromatic carbocycles. The van der Waals surface area contributed by atoms with Crippen LogP contribution in [0, 0.1) is 0 Å². The number of likely N-dealkylation sites (N-methyl/N-ethyl adjacent to an activating group) is 1. The Balaban J connectivity index is 1.75. The molecule has 2 N–H and O–H groups in total. The van der Waals surface area contributed by atoms with E-state index >= 15 is 0 Å². The van der Waals surface area contributed by atoms with Gasteiger partial charge in [-0.25, -0.2) is 0 Å². The van der Waals surface area contributed by atoms with Crippen molar-refractivity contribution in [2.45, 2.75) is 31.3 Å². The van der Waals surface area contributed by atoms with E-state index in [2.05, 4.69) is 10.3 Å². The molecule has 0 saturated heterocycles. The number of rotatable bonds is 8. The molecule has 1 saturated carbocycles. The molecule has 0 radical (unpaired) electrons. The van der Waals surface area contributed by atoms with Gasteiger partial charge >= 0.3 is 5.97 Å². The predicted octanol–water partition coefficient (Wildman–Crippen LogP) is 0.761. The van der Waals surface area contributed by atoms with Crippen molar-refractivity contribution in [1.82, 2.24) is 15.2 Å². The van der Waals surface area contributed by atoms with E-state index in [9.17, 15) is 9.90 Å². The fourth-order valence-corrected chi connectivity index (χ4v) is 1.99. The molecule has 1 unspecified atom stereocenters. The first-order chi connectivity index (χ1) is 9.15. The quantitative estimate of drug-likeness (QED) is 0.725. The largest absolute Gasteiger partial charge is 0.480 e. The topological polar surface area (TPSA) is 65.5 Å².